The van der Waals surface area contributed by atoms with Gasteiger partial charge in [-0.2, -0.15) is 15.3 Å². The van der Waals surface area contributed by atoms with Gasteiger partial charge in [0, 0.05) is 22.4 Å². The average Bonchev–Trinajstić information content (AvgIpc) is 3.09. The summed E-state index contributed by atoms with van der Waals surface area (Å²) in [5.74, 6) is 0.0865. The number of nitrogens with one attached hydrogen (secondary N) is 1. The Labute approximate surface area is 147 Å². The third-order valence-electron chi connectivity index (χ3n) is 4.22. The maximum atomic E-state index is 11.2. The van der Waals surface area contributed by atoms with Gasteiger partial charge in [-0.05, 0) is 23.8 Å². The van der Waals surface area contributed by atoms with Gasteiger partial charge < -0.3 is 14.6 Å². The lowest BCUT2D eigenvalue weighted by Gasteiger charge is -2.11. The number of carbonyl (C=O) groups is 1. The summed E-state index contributed by atoms with van der Waals surface area (Å²) in [6.45, 7) is 0. The van der Waals surface area contributed by atoms with E-state index >= 15 is 0 Å². The summed E-state index contributed by atoms with van der Waals surface area (Å²) in [5, 5.41) is 25.4. The molecule has 8 heteroatoms. The number of H-pyrrole nitrogens is 1. The molecular formula is C18H14N4O4. The minimum atomic E-state index is -1.07. The van der Waals surface area contributed by atoms with E-state index in [2.05, 4.69) is 20.4 Å². The van der Waals surface area contributed by atoms with Crippen molar-refractivity contribution in [3.63, 3.8) is 0 Å². The summed E-state index contributed by atoms with van der Waals surface area (Å²) in [5.41, 5.74) is 2.98. The second-order valence-corrected chi connectivity index (χ2v) is 5.62. The van der Waals surface area contributed by atoms with E-state index in [4.69, 9.17) is 9.47 Å². The predicted molar refractivity (Wildman–Crippen MR) is 94.7 cm³/mol. The van der Waals surface area contributed by atoms with E-state index in [1.54, 1.807) is 32.5 Å². The summed E-state index contributed by atoms with van der Waals surface area (Å²) in [7, 11) is 3.13. The Bertz CT molecular complexity index is 1150. The first kappa shape index (κ1) is 15.8. The quantitative estimate of drug-likeness (QED) is 0.582. The Morgan fingerprint density at radius 2 is 1.85 bits per heavy atom. The SMILES string of the molecule is COc1cc2nncc(-c3ccc4c(C(=O)O)n[nH]c4c3)c2cc1OC. The number of hydrogen-bond donors (Lipinski definition) is 2. The third kappa shape index (κ3) is 2.39. The van der Waals surface area contributed by atoms with Crippen molar-refractivity contribution in [1.29, 1.82) is 0 Å². The first-order valence-corrected chi connectivity index (χ1v) is 7.71. The third-order valence-corrected chi connectivity index (χ3v) is 4.22. The topological polar surface area (TPSA) is 110 Å². The Balaban J connectivity index is 1.93. The first-order chi connectivity index (χ1) is 12.6. The van der Waals surface area contributed by atoms with Gasteiger partial charge >= 0.3 is 5.97 Å². The summed E-state index contributed by atoms with van der Waals surface area (Å²) >= 11 is 0. The number of nitrogens with zero attached hydrogens (tertiary/aromatic N) is 3. The number of fused-ring (bicyclic) bond motifs is 2. The van der Waals surface area contributed by atoms with E-state index in [0.29, 0.717) is 27.9 Å². The van der Waals surface area contributed by atoms with Crippen molar-refractivity contribution in [3.8, 4) is 22.6 Å². The molecule has 2 aromatic heterocycles. The highest BCUT2D eigenvalue weighted by Crippen LogP contribution is 2.36. The zero-order valence-corrected chi connectivity index (χ0v) is 14.0. The molecule has 130 valence electrons. The van der Waals surface area contributed by atoms with Crippen molar-refractivity contribution < 1.29 is 19.4 Å². The lowest BCUT2D eigenvalue weighted by atomic mass is 10.0. The van der Waals surface area contributed by atoms with Crippen LogP contribution in [0.3, 0.4) is 0 Å². The first-order valence-electron chi connectivity index (χ1n) is 7.71. The van der Waals surface area contributed by atoms with Crippen molar-refractivity contribution in [2.24, 2.45) is 0 Å². The summed E-state index contributed by atoms with van der Waals surface area (Å²) in [4.78, 5) is 11.2. The Hall–Kier alpha value is -3.68. The molecule has 0 aliphatic carbocycles. The number of methoxy groups -OCH3 is 2. The second kappa shape index (κ2) is 5.99. The van der Waals surface area contributed by atoms with E-state index in [1.807, 2.05) is 18.2 Å². The molecule has 4 rings (SSSR count). The van der Waals surface area contributed by atoms with Gasteiger partial charge in [-0.1, -0.05) is 6.07 Å². The molecule has 8 nitrogen and oxygen atoms in total. The molecule has 4 aromatic rings. The van der Waals surface area contributed by atoms with Crippen molar-refractivity contribution >= 4 is 27.8 Å². The van der Waals surface area contributed by atoms with Gasteiger partial charge in [0.25, 0.3) is 0 Å². The maximum absolute atomic E-state index is 11.2. The van der Waals surface area contributed by atoms with Gasteiger partial charge in [-0.15, -0.1) is 0 Å². The van der Waals surface area contributed by atoms with E-state index in [-0.39, 0.29) is 5.69 Å². The van der Waals surface area contributed by atoms with Crippen LogP contribution in [-0.2, 0) is 0 Å². The fraction of sp³-hybridized carbons (Fsp3) is 0.111. The van der Waals surface area contributed by atoms with Crippen LogP contribution >= 0.6 is 0 Å². The maximum Gasteiger partial charge on any atom is 0.357 e. The number of aromatic carboxylic acids is 1. The average molecular weight is 350 g/mol. The molecule has 0 fully saturated rings. The van der Waals surface area contributed by atoms with Gasteiger partial charge in [0.2, 0.25) is 0 Å². The number of hydrogen-bond acceptors (Lipinski definition) is 6. The molecule has 0 spiro atoms. The number of ether oxygens (including phenoxy) is 2. The highest BCUT2D eigenvalue weighted by Gasteiger charge is 2.15. The number of carboxylic acids is 1. The van der Waals surface area contributed by atoms with Crippen molar-refractivity contribution in [3.05, 3.63) is 42.2 Å². The largest absolute Gasteiger partial charge is 0.493 e. The molecule has 0 amide bonds. The minimum absolute atomic E-state index is 0.00401. The van der Waals surface area contributed by atoms with Gasteiger partial charge in [-0.3, -0.25) is 5.10 Å². The molecule has 0 saturated heterocycles. The number of aromatic nitrogens is 4. The molecule has 2 heterocycles. The minimum Gasteiger partial charge on any atom is -0.493 e. The fourth-order valence-electron chi connectivity index (χ4n) is 2.97. The fourth-order valence-corrected chi connectivity index (χ4v) is 2.97. The number of aromatic amines is 1. The number of benzene rings is 2. The van der Waals surface area contributed by atoms with Crippen molar-refractivity contribution in [1.82, 2.24) is 20.4 Å². The monoisotopic (exact) mass is 350 g/mol. The van der Waals surface area contributed by atoms with E-state index in [0.717, 1.165) is 16.5 Å². The summed E-state index contributed by atoms with van der Waals surface area (Å²) in [6.07, 6.45) is 1.66. The smallest absolute Gasteiger partial charge is 0.357 e. The number of carboxylic acid groups (broad SMARTS) is 1. The molecule has 0 bridgehead atoms. The molecule has 2 aromatic carbocycles. The van der Waals surface area contributed by atoms with Crippen LogP contribution < -0.4 is 9.47 Å². The Morgan fingerprint density at radius 1 is 1.08 bits per heavy atom. The van der Waals surface area contributed by atoms with Crippen LogP contribution in [0.15, 0.2) is 36.5 Å². The molecule has 0 radical (unpaired) electrons. The van der Waals surface area contributed by atoms with Crippen LogP contribution in [0.25, 0.3) is 32.9 Å². The standard InChI is InChI=1S/C18H14N4O4/c1-25-15-6-11-12(8-19-20-14(11)7-16(15)26-2)9-3-4-10-13(5-9)21-22-17(10)18(23)24/h3-8H,1-2H3,(H,21,22)(H,23,24). The normalized spacial score (nSPS) is 11.0. The van der Waals surface area contributed by atoms with E-state index in [9.17, 15) is 9.90 Å². The molecule has 26 heavy (non-hydrogen) atoms. The molecule has 0 aliphatic heterocycles. The predicted octanol–water partition coefficient (Wildman–Crippen LogP) is 2.89. The Kier molecular flexibility index (Phi) is 3.65. The van der Waals surface area contributed by atoms with Crippen LogP contribution in [-0.4, -0.2) is 45.7 Å². The molecular weight excluding hydrogens is 336 g/mol. The highest BCUT2D eigenvalue weighted by molar-refractivity contribution is 6.03. The van der Waals surface area contributed by atoms with Gasteiger partial charge in [-0.25, -0.2) is 4.79 Å². The van der Waals surface area contributed by atoms with Crippen LogP contribution in [0.4, 0.5) is 0 Å². The molecule has 0 unspecified atom stereocenters. The lowest BCUT2D eigenvalue weighted by Crippen LogP contribution is -1.96. The van der Waals surface area contributed by atoms with E-state index < -0.39 is 5.97 Å². The lowest BCUT2D eigenvalue weighted by molar-refractivity contribution is 0.0692. The zero-order valence-electron chi connectivity index (χ0n) is 14.0. The van der Waals surface area contributed by atoms with Crippen molar-refractivity contribution in [2.75, 3.05) is 14.2 Å². The van der Waals surface area contributed by atoms with Crippen molar-refractivity contribution in [2.45, 2.75) is 0 Å². The molecule has 0 aliphatic rings. The molecule has 0 atom stereocenters. The summed E-state index contributed by atoms with van der Waals surface area (Å²) < 4.78 is 10.7. The number of rotatable bonds is 4. The van der Waals surface area contributed by atoms with Gasteiger partial charge in [0.05, 0.1) is 31.4 Å². The zero-order chi connectivity index (χ0) is 18.3. The van der Waals surface area contributed by atoms with E-state index in [1.165, 1.54) is 0 Å². The summed E-state index contributed by atoms with van der Waals surface area (Å²) in [6, 6.07) is 9.00. The van der Waals surface area contributed by atoms with Gasteiger partial charge in [0.1, 0.15) is 0 Å². The van der Waals surface area contributed by atoms with Crippen LogP contribution in [0.2, 0.25) is 0 Å². The second-order valence-electron chi connectivity index (χ2n) is 5.62. The Morgan fingerprint density at radius 3 is 2.58 bits per heavy atom. The van der Waals surface area contributed by atoms with Crippen LogP contribution in [0.5, 0.6) is 11.5 Å². The van der Waals surface area contributed by atoms with Crippen LogP contribution in [0, 0.1) is 0 Å². The van der Waals surface area contributed by atoms with Crippen LogP contribution in [0.1, 0.15) is 10.5 Å². The molecule has 0 saturated carbocycles. The highest BCUT2D eigenvalue weighted by atomic mass is 16.5. The molecule has 2 N–H and O–H groups in total. The van der Waals surface area contributed by atoms with Gasteiger partial charge in [0.15, 0.2) is 17.2 Å².